The van der Waals surface area contributed by atoms with Gasteiger partial charge < -0.3 is 19.3 Å². The maximum absolute atomic E-state index is 13.1. The number of imide groups is 1. The number of piperazine rings is 1. The summed E-state index contributed by atoms with van der Waals surface area (Å²) in [5.41, 5.74) is 2.13. The van der Waals surface area contributed by atoms with Gasteiger partial charge in [0.15, 0.2) is 11.5 Å². The number of carbonyl (C=O) groups is 2. The summed E-state index contributed by atoms with van der Waals surface area (Å²) < 4.78 is 16.3. The van der Waals surface area contributed by atoms with Gasteiger partial charge in [0.05, 0.1) is 33.5 Å². The predicted molar refractivity (Wildman–Crippen MR) is 162 cm³/mol. The first-order valence-corrected chi connectivity index (χ1v) is 13.3. The Morgan fingerprint density at radius 2 is 1.41 bits per heavy atom. The average molecular weight is 607 g/mol. The molecule has 3 aromatic carbocycles. The van der Waals surface area contributed by atoms with Crippen molar-refractivity contribution in [3.63, 3.8) is 0 Å². The standard InChI is InChI=1S/C30H35N3O6.2ClH/c1-37-26-10-9-21(17-27(26)38-2)19-39-20-23(34)18-32-13-11-31(12-14-32)15-16-33-29(35)24-7-3-5-22-6-4-8-25(28(22)24)30(33)36;;/h3-10,17,23,34H,11-16,18-20H2,1-2H3;2*1H. The third kappa shape index (κ3) is 7.30. The van der Waals surface area contributed by atoms with E-state index in [0.717, 1.165) is 42.5 Å². The molecule has 9 nitrogen and oxygen atoms in total. The molecule has 3 aromatic rings. The monoisotopic (exact) mass is 605 g/mol. The van der Waals surface area contributed by atoms with E-state index >= 15 is 0 Å². The molecule has 2 aliphatic rings. The minimum Gasteiger partial charge on any atom is -0.493 e. The van der Waals surface area contributed by atoms with Gasteiger partial charge in [-0.3, -0.25) is 24.3 Å². The van der Waals surface area contributed by atoms with E-state index < -0.39 is 6.10 Å². The molecular formula is C30H37Cl2N3O6. The van der Waals surface area contributed by atoms with E-state index in [1.54, 1.807) is 26.4 Å². The summed E-state index contributed by atoms with van der Waals surface area (Å²) in [6.45, 7) is 5.34. The molecule has 0 aliphatic carbocycles. The SMILES string of the molecule is COc1ccc(COCC(O)CN2CCN(CCN3C(=O)c4cccc5cccc(c45)C3=O)CC2)cc1OC.Cl.Cl. The molecule has 1 atom stereocenters. The Kier molecular flexibility index (Phi) is 11.8. The number of rotatable bonds is 11. The molecule has 0 spiro atoms. The highest BCUT2D eigenvalue weighted by Gasteiger charge is 2.33. The summed E-state index contributed by atoms with van der Waals surface area (Å²) >= 11 is 0. The van der Waals surface area contributed by atoms with E-state index in [0.29, 0.717) is 48.9 Å². The minimum atomic E-state index is -0.594. The fraction of sp³-hybridized carbons (Fsp3) is 0.400. The van der Waals surface area contributed by atoms with Gasteiger partial charge in [0.1, 0.15) is 0 Å². The van der Waals surface area contributed by atoms with Crippen LogP contribution in [0.2, 0.25) is 0 Å². The highest BCUT2D eigenvalue weighted by molar-refractivity contribution is 6.25. The molecule has 222 valence electrons. The van der Waals surface area contributed by atoms with Crippen molar-refractivity contribution in [3.8, 4) is 11.5 Å². The van der Waals surface area contributed by atoms with Gasteiger partial charge in [0, 0.05) is 62.3 Å². The predicted octanol–water partition coefficient (Wildman–Crippen LogP) is 3.49. The van der Waals surface area contributed by atoms with Crippen LogP contribution in [0.5, 0.6) is 11.5 Å². The second-order valence-corrected chi connectivity index (χ2v) is 9.97. The number of halogens is 2. The van der Waals surface area contributed by atoms with E-state index in [-0.39, 0.29) is 43.2 Å². The fourth-order valence-corrected chi connectivity index (χ4v) is 5.35. The maximum atomic E-state index is 13.1. The molecule has 1 unspecified atom stereocenters. The molecule has 0 saturated carbocycles. The molecule has 2 heterocycles. The molecule has 2 aliphatic heterocycles. The molecule has 0 bridgehead atoms. The van der Waals surface area contributed by atoms with Crippen LogP contribution in [0.25, 0.3) is 10.8 Å². The number of methoxy groups -OCH3 is 2. The number of β-amino-alcohol motifs (C(OH)–C–C–N with tert-alkyl or cyclic N) is 1. The summed E-state index contributed by atoms with van der Waals surface area (Å²) in [7, 11) is 3.19. The molecule has 0 aromatic heterocycles. The van der Waals surface area contributed by atoms with Crippen molar-refractivity contribution in [1.29, 1.82) is 0 Å². The first kappa shape index (κ1) is 32.6. The van der Waals surface area contributed by atoms with Crippen LogP contribution >= 0.6 is 24.8 Å². The number of benzene rings is 3. The van der Waals surface area contributed by atoms with Crippen molar-refractivity contribution < 1.29 is 28.9 Å². The van der Waals surface area contributed by atoms with Crippen molar-refractivity contribution in [1.82, 2.24) is 14.7 Å². The maximum Gasteiger partial charge on any atom is 0.261 e. The van der Waals surface area contributed by atoms with Gasteiger partial charge in [-0.15, -0.1) is 24.8 Å². The van der Waals surface area contributed by atoms with Crippen molar-refractivity contribution in [2.24, 2.45) is 0 Å². The highest BCUT2D eigenvalue weighted by atomic mass is 35.5. The lowest BCUT2D eigenvalue weighted by molar-refractivity contribution is 0.000925. The van der Waals surface area contributed by atoms with Gasteiger partial charge in [0.25, 0.3) is 11.8 Å². The van der Waals surface area contributed by atoms with Crippen molar-refractivity contribution in [3.05, 3.63) is 71.3 Å². The summed E-state index contributed by atoms with van der Waals surface area (Å²) in [5, 5.41) is 12.2. The van der Waals surface area contributed by atoms with Crippen molar-refractivity contribution in [2.75, 3.05) is 66.6 Å². The second-order valence-electron chi connectivity index (χ2n) is 9.97. The van der Waals surface area contributed by atoms with Gasteiger partial charge in [-0.2, -0.15) is 0 Å². The summed E-state index contributed by atoms with van der Waals surface area (Å²) in [6, 6.07) is 16.8. The van der Waals surface area contributed by atoms with Gasteiger partial charge >= 0.3 is 0 Å². The number of nitrogens with zero attached hydrogens (tertiary/aromatic N) is 3. The van der Waals surface area contributed by atoms with Gasteiger partial charge in [-0.25, -0.2) is 0 Å². The van der Waals surface area contributed by atoms with Crippen LogP contribution < -0.4 is 9.47 Å². The minimum absolute atomic E-state index is 0. The van der Waals surface area contributed by atoms with E-state index in [2.05, 4.69) is 9.80 Å². The average Bonchev–Trinajstić information content (AvgIpc) is 2.96. The van der Waals surface area contributed by atoms with Crippen LogP contribution in [0, 0.1) is 0 Å². The van der Waals surface area contributed by atoms with Crippen molar-refractivity contribution >= 4 is 47.4 Å². The number of ether oxygens (including phenoxy) is 3. The lowest BCUT2D eigenvalue weighted by Crippen LogP contribution is -2.51. The normalized spacial score (nSPS) is 16.2. The lowest BCUT2D eigenvalue weighted by Gasteiger charge is -2.36. The van der Waals surface area contributed by atoms with E-state index in [1.165, 1.54) is 4.90 Å². The quantitative estimate of drug-likeness (QED) is 0.332. The topological polar surface area (TPSA) is 91.8 Å². The summed E-state index contributed by atoms with van der Waals surface area (Å²) in [4.78, 5) is 32.1. The zero-order chi connectivity index (χ0) is 27.4. The van der Waals surface area contributed by atoms with Crippen LogP contribution in [0.1, 0.15) is 26.3 Å². The van der Waals surface area contributed by atoms with Gasteiger partial charge in [-0.1, -0.05) is 30.3 Å². The number of aliphatic hydroxyl groups is 1. The molecule has 11 heteroatoms. The molecule has 2 amide bonds. The summed E-state index contributed by atoms with van der Waals surface area (Å²) in [5.74, 6) is 0.865. The molecular weight excluding hydrogens is 569 g/mol. The van der Waals surface area contributed by atoms with Crippen LogP contribution in [0.3, 0.4) is 0 Å². The van der Waals surface area contributed by atoms with Crippen molar-refractivity contribution in [2.45, 2.75) is 12.7 Å². The Bertz CT molecular complexity index is 1300. The van der Waals surface area contributed by atoms with E-state index in [1.807, 2.05) is 42.5 Å². The number of aliphatic hydroxyl groups excluding tert-OH is 1. The van der Waals surface area contributed by atoms with E-state index in [9.17, 15) is 14.7 Å². The Morgan fingerprint density at radius 3 is 2.02 bits per heavy atom. The largest absolute Gasteiger partial charge is 0.493 e. The first-order valence-electron chi connectivity index (χ1n) is 13.3. The zero-order valence-electron chi connectivity index (χ0n) is 23.3. The number of hydrogen-bond acceptors (Lipinski definition) is 8. The molecule has 1 saturated heterocycles. The number of hydrogen-bond donors (Lipinski definition) is 1. The second kappa shape index (κ2) is 14.8. The Morgan fingerprint density at radius 1 is 0.805 bits per heavy atom. The van der Waals surface area contributed by atoms with E-state index in [4.69, 9.17) is 14.2 Å². The number of carbonyl (C=O) groups excluding carboxylic acids is 2. The molecule has 0 radical (unpaired) electrons. The zero-order valence-corrected chi connectivity index (χ0v) is 24.9. The smallest absolute Gasteiger partial charge is 0.261 e. The van der Waals surface area contributed by atoms with Crippen LogP contribution in [0.4, 0.5) is 0 Å². The Balaban J connectivity index is 0.00000231. The summed E-state index contributed by atoms with van der Waals surface area (Å²) in [6.07, 6.45) is -0.594. The number of amides is 2. The highest BCUT2D eigenvalue weighted by Crippen LogP contribution is 2.30. The Labute approximate surface area is 252 Å². The molecule has 1 fully saturated rings. The van der Waals surface area contributed by atoms with Crippen LogP contribution in [-0.2, 0) is 11.3 Å². The third-order valence-electron chi connectivity index (χ3n) is 7.46. The third-order valence-corrected chi connectivity index (χ3v) is 7.46. The van der Waals surface area contributed by atoms with Crippen LogP contribution in [0.15, 0.2) is 54.6 Å². The Hall–Kier alpha value is -2.92. The molecule has 41 heavy (non-hydrogen) atoms. The molecule has 5 rings (SSSR count). The first-order chi connectivity index (χ1) is 19.0. The lowest BCUT2D eigenvalue weighted by atomic mass is 9.94. The fourth-order valence-electron chi connectivity index (χ4n) is 5.35. The molecule has 1 N–H and O–H groups in total. The van der Waals surface area contributed by atoms with Gasteiger partial charge in [0.2, 0.25) is 0 Å². The van der Waals surface area contributed by atoms with Crippen LogP contribution in [-0.4, -0.2) is 104 Å². The van der Waals surface area contributed by atoms with Gasteiger partial charge in [-0.05, 0) is 35.2 Å².